The lowest BCUT2D eigenvalue weighted by atomic mass is 10.1. The van der Waals surface area contributed by atoms with Crippen molar-refractivity contribution >= 4 is 8.80 Å². The van der Waals surface area contributed by atoms with Gasteiger partial charge in [0, 0.05) is 20.3 Å². The number of rotatable bonds is 14. The average molecular weight is 306 g/mol. The number of unbranched alkanes of at least 4 members (excludes halogenated alkanes) is 5. The van der Waals surface area contributed by atoms with Gasteiger partial charge in [-0.15, -0.1) is 0 Å². The largest absolute Gasteiger partial charge is 0.502 e. The molecule has 0 saturated carbocycles. The van der Waals surface area contributed by atoms with Gasteiger partial charge in [-0.05, 0) is 6.42 Å². The Bertz CT molecular complexity index is 232. The molecule has 5 nitrogen and oxygen atoms in total. The minimum absolute atomic E-state index is 0.226. The molecule has 0 aromatic carbocycles. The minimum Gasteiger partial charge on any atom is -0.377 e. The zero-order chi connectivity index (χ0) is 14.7. The second-order valence-electron chi connectivity index (χ2n) is 5.20. The molecule has 0 aromatic heterocycles. The Kier molecular flexibility index (Phi) is 9.67. The average Bonchev–Trinajstić information content (AvgIpc) is 3.29. The lowest BCUT2D eigenvalue weighted by Gasteiger charge is -2.26. The molecule has 1 atom stereocenters. The summed E-state index contributed by atoms with van der Waals surface area (Å²) < 4.78 is 27.3. The van der Waals surface area contributed by atoms with Crippen LogP contribution in [0.25, 0.3) is 0 Å². The van der Waals surface area contributed by atoms with Gasteiger partial charge in [0.15, 0.2) is 0 Å². The Morgan fingerprint density at radius 3 is 2.30 bits per heavy atom. The van der Waals surface area contributed by atoms with Gasteiger partial charge in [-0.3, -0.25) is 0 Å². The molecule has 0 bridgehead atoms. The number of hydrogen-bond acceptors (Lipinski definition) is 5. The summed E-state index contributed by atoms with van der Waals surface area (Å²) in [6.07, 6.45) is 7.76. The molecular formula is C14H30O5Si. The molecule has 0 amide bonds. The van der Waals surface area contributed by atoms with Crippen LogP contribution < -0.4 is 0 Å². The Balaban J connectivity index is 2.11. The Labute approximate surface area is 124 Å². The van der Waals surface area contributed by atoms with Crippen molar-refractivity contribution < 1.29 is 22.8 Å². The molecule has 1 unspecified atom stereocenters. The van der Waals surface area contributed by atoms with Crippen LogP contribution >= 0.6 is 0 Å². The van der Waals surface area contributed by atoms with Crippen LogP contribution in [-0.4, -0.2) is 49.1 Å². The van der Waals surface area contributed by atoms with E-state index in [-0.39, 0.29) is 12.9 Å². The van der Waals surface area contributed by atoms with E-state index < -0.39 is 8.80 Å². The summed E-state index contributed by atoms with van der Waals surface area (Å²) in [5, 5.41) is 0. The molecule has 0 spiro atoms. The highest BCUT2D eigenvalue weighted by Gasteiger charge is 2.38. The monoisotopic (exact) mass is 306 g/mol. The van der Waals surface area contributed by atoms with Gasteiger partial charge in [0.1, 0.15) is 12.9 Å². The number of ether oxygens (including phenoxy) is 2. The second kappa shape index (κ2) is 10.7. The smallest absolute Gasteiger partial charge is 0.377 e. The fourth-order valence-electron chi connectivity index (χ4n) is 2.07. The summed E-state index contributed by atoms with van der Waals surface area (Å²) in [6, 6.07) is 0.857. The summed E-state index contributed by atoms with van der Waals surface area (Å²) in [6.45, 7) is 3.85. The van der Waals surface area contributed by atoms with E-state index in [0.29, 0.717) is 6.61 Å². The van der Waals surface area contributed by atoms with E-state index in [1.54, 1.807) is 14.2 Å². The van der Waals surface area contributed by atoms with Crippen LogP contribution in [-0.2, 0) is 22.8 Å². The highest BCUT2D eigenvalue weighted by atomic mass is 28.4. The lowest BCUT2D eigenvalue weighted by molar-refractivity contribution is -0.0371. The van der Waals surface area contributed by atoms with Gasteiger partial charge in [0.25, 0.3) is 0 Å². The predicted molar refractivity (Wildman–Crippen MR) is 79.6 cm³/mol. The van der Waals surface area contributed by atoms with Crippen LogP contribution in [0.1, 0.15) is 45.4 Å². The molecule has 0 N–H and O–H groups in total. The molecular weight excluding hydrogens is 276 g/mol. The van der Waals surface area contributed by atoms with Crippen molar-refractivity contribution in [2.24, 2.45) is 0 Å². The van der Waals surface area contributed by atoms with Crippen LogP contribution in [0.4, 0.5) is 0 Å². The summed E-state index contributed by atoms with van der Waals surface area (Å²) >= 11 is 0. The molecule has 120 valence electrons. The van der Waals surface area contributed by atoms with Gasteiger partial charge in [0.05, 0.1) is 13.2 Å². The van der Waals surface area contributed by atoms with Gasteiger partial charge >= 0.3 is 8.80 Å². The van der Waals surface area contributed by atoms with E-state index in [1.807, 2.05) is 0 Å². The van der Waals surface area contributed by atoms with Crippen molar-refractivity contribution in [3.63, 3.8) is 0 Å². The molecule has 0 aliphatic carbocycles. The van der Waals surface area contributed by atoms with Crippen molar-refractivity contribution in [3.05, 3.63) is 0 Å². The summed E-state index contributed by atoms with van der Waals surface area (Å²) in [5.41, 5.74) is 0. The van der Waals surface area contributed by atoms with Crippen LogP contribution in [0.2, 0.25) is 6.04 Å². The normalized spacial score (nSPS) is 18.4. The minimum atomic E-state index is -2.53. The molecule has 1 saturated heterocycles. The van der Waals surface area contributed by atoms with Crippen molar-refractivity contribution in [2.45, 2.75) is 57.6 Å². The first-order chi connectivity index (χ1) is 9.76. The fraction of sp³-hybridized carbons (Fsp3) is 1.00. The third-order valence-corrected chi connectivity index (χ3v) is 6.29. The lowest BCUT2D eigenvalue weighted by Crippen LogP contribution is -2.44. The first-order valence-electron chi connectivity index (χ1n) is 7.70. The maximum atomic E-state index is 5.75. The van der Waals surface area contributed by atoms with E-state index in [9.17, 15) is 0 Å². The van der Waals surface area contributed by atoms with Crippen molar-refractivity contribution in [3.8, 4) is 0 Å². The SMILES string of the molecule is CCCCCCCC[Si](OC)(OC)OCOCC1CO1. The van der Waals surface area contributed by atoms with Crippen LogP contribution in [0.3, 0.4) is 0 Å². The highest BCUT2D eigenvalue weighted by molar-refractivity contribution is 6.60. The molecule has 0 radical (unpaired) electrons. The number of hydrogen-bond donors (Lipinski definition) is 0. The molecule has 0 aromatic rings. The molecule has 6 heteroatoms. The standard InChI is InChI=1S/C14H30O5Si/c1-4-5-6-7-8-9-10-20(15-2,16-3)19-13-17-11-14-12-18-14/h14H,4-13H2,1-3H3. The van der Waals surface area contributed by atoms with Gasteiger partial charge in [-0.2, -0.15) is 0 Å². The zero-order valence-electron chi connectivity index (χ0n) is 13.2. The summed E-state index contributed by atoms with van der Waals surface area (Å²) in [4.78, 5) is 0. The van der Waals surface area contributed by atoms with Crippen LogP contribution in [0, 0.1) is 0 Å². The Morgan fingerprint density at radius 2 is 1.70 bits per heavy atom. The van der Waals surface area contributed by atoms with Crippen molar-refractivity contribution in [1.82, 2.24) is 0 Å². The summed E-state index contributed by atoms with van der Waals surface area (Å²) in [7, 11) is 0.798. The molecule has 1 aliphatic rings. The fourth-order valence-corrected chi connectivity index (χ4v) is 3.98. The van der Waals surface area contributed by atoms with E-state index in [1.165, 1.54) is 32.1 Å². The van der Waals surface area contributed by atoms with Crippen LogP contribution in [0.5, 0.6) is 0 Å². The third kappa shape index (κ3) is 7.71. The first kappa shape index (κ1) is 18.1. The van der Waals surface area contributed by atoms with E-state index >= 15 is 0 Å². The third-order valence-electron chi connectivity index (χ3n) is 3.53. The molecule has 1 rings (SSSR count). The van der Waals surface area contributed by atoms with E-state index in [4.69, 9.17) is 22.8 Å². The van der Waals surface area contributed by atoms with Gasteiger partial charge in [-0.25, -0.2) is 0 Å². The predicted octanol–water partition coefficient (Wildman–Crippen LogP) is 2.97. The number of epoxide rings is 1. The molecule has 1 aliphatic heterocycles. The van der Waals surface area contributed by atoms with Gasteiger partial charge in [0.2, 0.25) is 0 Å². The Morgan fingerprint density at radius 1 is 1.05 bits per heavy atom. The molecule has 1 heterocycles. The van der Waals surface area contributed by atoms with Gasteiger partial charge < -0.3 is 22.8 Å². The van der Waals surface area contributed by atoms with E-state index in [0.717, 1.165) is 19.1 Å². The van der Waals surface area contributed by atoms with Crippen molar-refractivity contribution in [1.29, 1.82) is 0 Å². The molecule has 1 fully saturated rings. The van der Waals surface area contributed by atoms with Gasteiger partial charge in [-0.1, -0.05) is 39.0 Å². The zero-order valence-corrected chi connectivity index (χ0v) is 14.2. The Hall–Kier alpha value is 0.0169. The van der Waals surface area contributed by atoms with Crippen LogP contribution in [0.15, 0.2) is 0 Å². The molecule has 20 heavy (non-hydrogen) atoms. The maximum absolute atomic E-state index is 5.75. The van der Waals surface area contributed by atoms with Crippen molar-refractivity contribution in [2.75, 3.05) is 34.2 Å². The highest BCUT2D eigenvalue weighted by Crippen LogP contribution is 2.19. The second-order valence-corrected chi connectivity index (χ2v) is 8.17. The topological polar surface area (TPSA) is 49.5 Å². The maximum Gasteiger partial charge on any atom is 0.502 e. The van der Waals surface area contributed by atoms with E-state index in [2.05, 4.69) is 6.92 Å². The quantitative estimate of drug-likeness (QED) is 0.214. The first-order valence-corrected chi connectivity index (χ1v) is 9.63. The summed E-state index contributed by atoms with van der Waals surface area (Å²) in [5.74, 6) is 0.